The highest BCUT2D eigenvalue weighted by atomic mass is 16.3. The standard InChI is InChI=1S/C53H36N2O/c1-53(2)45-20-11-19-42(51(45)44-30-38-14-6-7-15-39(38)31-46(44)53)48-32-47(54-52(55-48)35-12-4-3-5-13-35)34-24-22-33(23-25-34)36-16-10-17-37(28-36)40-26-27-50-43(29-40)41-18-8-9-21-49(41)56-50/h3-32H,1-2H3. The molecule has 11 rings (SSSR count). The van der Waals surface area contributed by atoms with Gasteiger partial charge in [-0.15, -0.1) is 0 Å². The van der Waals surface area contributed by atoms with Gasteiger partial charge >= 0.3 is 0 Å². The molecule has 0 N–H and O–H groups in total. The normalized spacial score (nSPS) is 13.0. The maximum atomic E-state index is 6.10. The molecule has 0 atom stereocenters. The second-order valence-electron chi connectivity index (χ2n) is 15.4. The van der Waals surface area contributed by atoms with E-state index in [0.29, 0.717) is 5.82 Å². The second-order valence-corrected chi connectivity index (χ2v) is 15.4. The molecule has 1 aliphatic carbocycles. The van der Waals surface area contributed by atoms with Crippen LogP contribution in [0.5, 0.6) is 0 Å². The molecule has 0 saturated heterocycles. The zero-order valence-electron chi connectivity index (χ0n) is 31.1. The van der Waals surface area contributed by atoms with Gasteiger partial charge in [0.1, 0.15) is 11.2 Å². The van der Waals surface area contributed by atoms with E-state index < -0.39 is 0 Å². The highest BCUT2D eigenvalue weighted by molar-refractivity contribution is 6.06. The SMILES string of the molecule is CC1(C)c2cc3ccccc3cc2-c2c(-c3cc(-c4ccc(-c5cccc(-c6ccc7oc8ccccc8c7c6)c5)cc4)nc(-c4ccccc4)n3)cccc21. The van der Waals surface area contributed by atoms with Gasteiger partial charge in [-0.2, -0.15) is 0 Å². The van der Waals surface area contributed by atoms with Crippen molar-refractivity contribution in [2.45, 2.75) is 19.3 Å². The number of rotatable bonds is 5. The Balaban J connectivity index is 1.00. The Morgan fingerprint density at radius 2 is 1.02 bits per heavy atom. The quantitative estimate of drug-likeness (QED) is 0.178. The van der Waals surface area contributed by atoms with Crippen molar-refractivity contribution in [1.82, 2.24) is 9.97 Å². The maximum Gasteiger partial charge on any atom is 0.160 e. The van der Waals surface area contributed by atoms with Gasteiger partial charge in [-0.05, 0) is 97.7 Å². The van der Waals surface area contributed by atoms with E-state index in [1.54, 1.807) is 0 Å². The van der Waals surface area contributed by atoms with Crippen molar-refractivity contribution >= 4 is 32.7 Å². The van der Waals surface area contributed by atoms with E-state index in [1.165, 1.54) is 38.6 Å². The molecule has 0 radical (unpaired) electrons. The van der Waals surface area contributed by atoms with Crippen molar-refractivity contribution in [3.05, 3.63) is 193 Å². The predicted octanol–water partition coefficient (Wildman–Crippen LogP) is 14.2. The van der Waals surface area contributed by atoms with Crippen molar-refractivity contribution in [2.75, 3.05) is 0 Å². The molecule has 0 aliphatic heterocycles. The first-order valence-corrected chi connectivity index (χ1v) is 19.2. The van der Waals surface area contributed by atoms with Crippen molar-refractivity contribution in [1.29, 1.82) is 0 Å². The fourth-order valence-electron chi connectivity index (χ4n) is 8.75. The molecule has 0 unspecified atom stereocenters. The number of hydrogen-bond donors (Lipinski definition) is 0. The largest absolute Gasteiger partial charge is 0.456 e. The number of para-hydroxylation sites is 1. The van der Waals surface area contributed by atoms with Gasteiger partial charge in [0.05, 0.1) is 11.4 Å². The average molecular weight is 717 g/mol. The van der Waals surface area contributed by atoms with Crippen LogP contribution in [0.4, 0.5) is 0 Å². The van der Waals surface area contributed by atoms with Crippen LogP contribution in [0, 0.1) is 0 Å². The number of furan rings is 1. The van der Waals surface area contributed by atoms with E-state index in [9.17, 15) is 0 Å². The number of nitrogens with zero attached hydrogens (tertiary/aromatic N) is 2. The Kier molecular flexibility index (Phi) is 7.20. The molecule has 0 amide bonds. The molecule has 3 heteroatoms. The molecule has 1 aliphatic rings. The van der Waals surface area contributed by atoms with Gasteiger partial charge in [0.15, 0.2) is 5.82 Å². The monoisotopic (exact) mass is 716 g/mol. The molecule has 264 valence electrons. The van der Waals surface area contributed by atoms with E-state index in [2.05, 4.69) is 166 Å². The molecule has 56 heavy (non-hydrogen) atoms. The summed E-state index contributed by atoms with van der Waals surface area (Å²) in [4.78, 5) is 10.5. The van der Waals surface area contributed by atoms with Crippen LogP contribution >= 0.6 is 0 Å². The number of benzene rings is 8. The molecule has 0 bridgehead atoms. The minimum Gasteiger partial charge on any atom is -0.456 e. The van der Waals surface area contributed by atoms with E-state index in [4.69, 9.17) is 14.4 Å². The van der Waals surface area contributed by atoms with Gasteiger partial charge in [-0.1, -0.05) is 153 Å². The van der Waals surface area contributed by atoms with Crippen LogP contribution in [0.25, 0.3) is 100.0 Å². The van der Waals surface area contributed by atoms with Crippen LogP contribution in [-0.4, -0.2) is 9.97 Å². The van der Waals surface area contributed by atoms with Gasteiger partial charge in [0.25, 0.3) is 0 Å². The summed E-state index contributed by atoms with van der Waals surface area (Å²) in [5.74, 6) is 0.714. The zero-order chi connectivity index (χ0) is 37.4. The van der Waals surface area contributed by atoms with Crippen LogP contribution in [0.3, 0.4) is 0 Å². The predicted molar refractivity (Wildman–Crippen MR) is 232 cm³/mol. The Morgan fingerprint density at radius 3 is 1.86 bits per heavy atom. The van der Waals surface area contributed by atoms with Crippen molar-refractivity contribution in [2.24, 2.45) is 0 Å². The summed E-state index contributed by atoms with van der Waals surface area (Å²) in [6.07, 6.45) is 0. The van der Waals surface area contributed by atoms with Crippen molar-refractivity contribution in [3.63, 3.8) is 0 Å². The fourth-order valence-corrected chi connectivity index (χ4v) is 8.75. The smallest absolute Gasteiger partial charge is 0.160 e. The number of fused-ring (bicyclic) bond motifs is 7. The van der Waals surface area contributed by atoms with Crippen LogP contribution in [0.2, 0.25) is 0 Å². The van der Waals surface area contributed by atoms with Crippen LogP contribution in [0.15, 0.2) is 186 Å². The van der Waals surface area contributed by atoms with Crippen molar-refractivity contribution in [3.8, 4) is 67.3 Å². The van der Waals surface area contributed by atoms with E-state index in [0.717, 1.165) is 66.7 Å². The summed E-state index contributed by atoms with van der Waals surface area (Å²) in [5.41, 5.74) is 16.5. The molecular weight excluding hydrogens is 681 g/mol. The van der Waals surface area contributed by atoms with Gasteiger partial charge in [0, 0.05) is 32.9 Å². The van der Waals surface area contributed by atoms with Crippen molar-refractivity contribution < 1.29 is 4.42 Å². The zero-order valence-corrected chi connectivity index (χ0v) is 31.1. The molecular formula is C53H36N2O. The van der Waals surface area contributed by atoms with Gasteiger partial charge in [-0.3, -0.25) is 0 Å². The molecule has 2 heterocycles. The van der Waals surface area contributed by atoms with Gasteiger partial charge in [0.2, 0.25) is 0 Å². The summed E-state index contributed by atoms with van der Waals surface area (Å²) in [5, 5.41) is 4.78. The van der Waals surface area contributed by atoms with E-state index in [-0.39, 0.29) is 5.41 Å². The Hall–Kier alpha value is -7.10. The minimum atomic E-state index is -0.143. The first kappa shape index (κ1) is 32.3. The van der Waals surface area contributed by atoms with Gasteiger partial charge in [-0.25, -0.2) is 9.97 Å². The fraction of sp³-hybridized carbons (Fsp3) is 0.0566. The minimum absolute atomic E-state index is 0.143. The first-order chi connectivity index (χ1) is 27.5. The van der Waals surface area contributed by atoms with E-state index >= 15 is 0 Å². The lowest BCUT2D eigenvalue weighted by molar-refractivity contribution is 0.661. The molecule has 0 spiro atoms. The highest BCUT2D eigenvalue weighted by Gasteiger charge is 2.37. The lowest BCUT2D eigenvalue weighted by Crippen LogP contribution is -2.14. The molecule has 3 nitrogen and oxygen atoms in total. The number of hydrogen-bond acceptors (Lipinski definition) is 3. The summed E-state index contributed by atoms with van der Waals surface area (Å²) in [6, 6.07) is 64.8. The van der Waals surface area contributed by atoms with E-state index in [1.807, 2.05) is 30.3 Å². The molecule has 8 aromatic carbocycles. The Morgan fingerprint density at radius 1 is 0.393 bits per heavy atom. The molecule has 10 aromatic rings. The van der Waals surface area contributed by atoms with Gasteiger partial charge < -0.3 is 4.42 Å². The molecule has 0 saturated carbocycles. The summed E-state index contributed by atoms with van der Waals surface area (Å²) < 4.78 is 6.10. The summed E-state index contributed by atoms with van der Waals surface area (Å²) in [7, 11) is 0. The highest BCUT2D eigenvalue weighted by Crippen LogP contribution is 2.53. The summed E-state index contributed by atoms with van der Waals surface area (Å²) in [6.45, 7) is 4.68. The third-order valence-electron chi connectivity index (χ3n) is 11.7. The summed E-state index contributed by atoms with van der Waals surface area (Å²) >= 11 is 0. The van der Waals surface area contributed by atoms with Crippen LogP contribution < -0.4 is 0 Å². The molecule has 0 fully saturated rings. The average Bonchev–Trinajstić information content (AvgIpc) is 3.74. The Labute approximate surface area is 325 Å². The van der Waals surface area contributed by atoms with Crippen LogP contribution in [0.1, 0.15) is 25.0 Å². The maximum absolute atomic E-state index is 6.10. The third-order valence-corrected chi connectivity index (χ3v) is 11.7. The second kappa shape index (κ2) is 12.5. The topological polar surface area (TPSA) is 38.9 Å². The lowest BCUT2D eigenvalue weighted by atomic mass is 9.81. The van der Waals surface area contributed by atoms with Crippen LogP contribution in [-0.2, 0) is 5.41 Å². The first-order valence-electron chi connectivity index (χ1n) is 19.2. The molecule has 2 aromatic heterocycles. The number of aromatic nitrogens is 2. The lowest BCUT2D eigenvalue weighted by Gasteiger charge is -2.22. The third kappa shape index (κ3) is 5.20. The Bertz CT molecular complexity index is 3150.